The molecule has 2 aliphatic rings. The molecule has 0 spiro atoms. The number of fused-ring (bicyclic) bond motifs is 3. The van der Waals surface area contributed by atoms with E-state index in [2.05, 4.69) is 83.8 Å². The van der Waals surface area contributed by atoms with Crippen molar-refractivity contribution >= 4 is 34.2 Å². The van der Waals surface area contributed by atoms with Crippen molar-refractivity contribution < 1.29 is 14.3 Å². The van der Waals surface area contributed by atoms with Crippen LogP contribution >= 0.6 is 0 Å². The number of ether oxygens (including phenoxy) is 2. The normalized spacial score (nSPS) is 16.8. The van der Waals surface area contributed by atoms with Crippen molar-refractivity contribution in [2.24, 2.45) is 0 Å². The van der Waals surface area contributed by atoms with Gasteiger partial charge in [0, 0.05) is 52.1 Å². The average molecular weight is 629 g/mol. The molecule has 48 heavy (non-hydrogen) atoms. The fraction of sp³-hybridized carbons (Fsp3) is 0.140. The highest BCUT2D eigenvalue weighted by Crippen LogP contribution is 2.50. The van der Waals surface area contributed by atoms with E-state index in [0.717, 1.165) is 62.9 Å². The SMILES string of the molecule is COC(=O)c1c2c(c3ccccc3c1-c1ccc(-c3ccc(N)cc3)cc1)OC(c1ccccc1)(c1ccc(N3CCCC3)cc1)C=C2. The number of carbonyl (C=O) groups excluding carboxylic acids is 1. The van der Waals surface area contributed by atoms with Gasteiger partial charge in [-0.1, -0.05) is 103 Å². The highest BCUT2D eigenvalue weighted by atomic mass is 16.5. The lowest BCUT2D eigenvalue weighted by Crippen LogP contribution is -2.35. The maximum Gasteiger partial charge on any atom is 0.339 e. The van der Waals surface area contributed by atoms with Gasteiger partial charge < -0.3 is 20.1 Å². The number of esters is 1. The Hall–Kier alpha value is -5.81. The lowest BCUT2D eigenvalue weighted by molar-refractivity contribution is 0.0600. The van der Waals surface area contributed by atoms with E-state index in [9.17, 15) is 4.79 Å². The number of hydrogen-bond donors (Lipinski definition) is 1. The van der Waals surface area contributed by atoms with Crippen molar-refractivity contribution in [2.45, 2.75) is 18.4 Å². The first-order chi connectivity index (χ1) is 23.6. The van der Waals surface area contributed by atoms with Crippen molar-refractivity contribution in [3.8, 4) is 28.0 Å². The Labute approximate surface area is 280 Å². The second-order valence-electron chi connectivity index (χ2n) is 12.5. The first-order valence-electron chi connectivity index (χ1n) is 16.5. The lowest BCUT2D eigenvalue weighted by atomic mass is 9.81. The van der Waals surface area contributed by atoms with Gasteiger partial charge in [0.1, 0.15) is 5.75 Å². The zero-order valence-corrected chi connectivity index (χ0v) is 26.9. The molecule has 1 saturated heterocycles. The number of anilines is 2. The van der Waals surface area contributed by atoms with Crippen molar-refractivity contribution in [1.82, 2.24) is 0 Å². The summed E-state index contributed by atoms with van der Waals surface area (Å²) in [7, 11) is 1.43. The maximum absolute atomic E-state index is 13.8. The molecule has 6 aromatic rings. The Balaban J connectivity index is 1.31. The summed E-state index contributed by atoms with van der Waals surface area (Å²) in [6.07, 6.45) is 6.58. The summed E-state index contributed by atoms with van der Waals surface area (Å²) in [6, 6.07) is 43.3. The summed E-state index contributed by atoms with van der Waals surface area (Å²) in [5.74, 6) is 0.244. The number of benzene rings is 6. The molecule has 1 unspecified atom stereocenters. The molecule has 0 aliphatic carbocycles. The Kier molecular flexibility index (Phi) is 7.45. The summed E-state index contributed by atoms with van der Waals surface area (Å²) in [6.45, 7) is 2.17. The molecule has 5 nitrogen and oxygen atoms in total. The summed E-state index contributed by atoms with van der Waals surface area (Å²) in [5.41, 5.74) is 14.0. The molecule has 0 bridgehead atoms. The smallest absolute Gasteiger partial charge is 0.339 e. The third-order valence-electron chi connectivity index (χ3n) is 9.73. The fourth-order valence-electron chi connectivity index (χ4n) is 7.27. The van der Waals surface area contributed by atoms with Gasteiger partial charge >= 0.3 is 5.97 Å². The first kappa shape index (κ1) is 29.6. The van der Waals surface area contributed by atoms with Gasteiger partial charge in [-0.3, -0.25) is 0 Å². The minimum absolute atomic E-state index is 0.412. The number of carbonyl (C=O) groups is 1. The second-order valence-corrected chi connectivity index (χ2v) is 12.5. The third kappa shape index (κ3) is 4.99. The van der Waals surface area contributed by atoms with Crippen LogP contribution in [0.1, 0.15) is 39.9 Å². The highest BCUT2D eigenvalue weighted by molar-refractivity contribution is 6.14. The van der Waals surface area contributed by atoms with Gasteiger partial charge in [-0.2, -0.15) is 0 Å². The summed E-state index contributed by atoms with van der Waals surface area (Å²) in [4.78, 5) is 16.2. The third-order valence-corrected chi connectivity index (χ3v) is 9.73. The monoisotopic (exact) mass is 628 g/mol. The van der Waals surface area contributed by atoms with Crippen LogP contribution in [0.5, 0.6) is 5.75 Å². The fourth-order valence-corrected chi connectivity index (χ4v) is 7.27. The molecule has 2 heterocycles. The minimum atomic E-state index is -0.907. The van der Waals surface area contributed by atoms with Crippen molar-refractivity contribution in [3.05, 3.63) is 156 Å². The number of nitrogen functional groups attached to an aromatic ring is 1. The molecule has 0 aromatic heterocycles. The minimum Gasteiger partial charge on any atom is -0.472 e. The van der Waals surface area contributed by atoms with Gasteiger partial charge in [-0.15, -0.1) is 0 Å². The molecule has 8 rings (SSSR count). The summed E-state index contributed by atoms with van der Waals surface area (Å²) < 4.78 is 12.7. The van der Waals surface area contributed by atoms with Crippen LogP contribution in [0.3, 0.4) is 0 Å². The number of nitrogens with zero attached hydrogens (tertiary/aromatic N) is 1. The number of rotatable bonds is 6. The largest absolute Gasteiger partial charge is 0.472 e. The van der Waals surface area contributed by atoms with Gasteiger partial charge in [-0.25, -0.2) is 4.79 Å². The Bertz CT molecular complexity index is 2150. The molecule has 0 saturated carbocycles. The summed E-state index contributed by atoms with van der Waals surface area (Å²) >= 11 is 0. The van der Waals surface area contributed by atoms with Crippen LogP contribution in [-0.4, -0.2) is 26.2 Å². The van der Waals surface area contributed by atoms with Gasteiger partial charge in [-0.05, 0) is 71.3 Å². The number of nitrogens with two attached hydrogens (primary N) is 1. The van der Waals surface area contributed by atoms with Gasteiger partial charge in [0.05, 0.1) is 12.7 Å². The van der Waals surface area contributed by atoms with E-state index in [4.69, 9.17) is 15.2 Å². The van der Waals surface area contributed by atoms with E-state index in [-0.39, 0.29) is 0 Å². The van der Waals surface area contributed by atoms with E-state index in [1.807, 2.05) is 60.7 Å². The molecule has 5 heteroatoms. The van der Waals surface area contributed by atoms with E-state index >= 15 is 0 Å². The molecule has 236 valence electrons. The van der Waals surface area contributed by atoms with Crippen LogP contribution in [0.15, 0.2) is 133 Å². The quantitative estimate of drug-likeness (QED) is 0.147. The molecule has 6 aromatic carbocycles. The van der Waals surface area contributed by atoms with Crippen LogP contribution in [0, 0.1) is 0 Å². The van der Waals surface area contributed by atoms with E-state index < -0.39 is 11.6 Å². The van der Waals surface area contributed by atoms with Crippen LogP contribution in [0.2, 0.25) is 0 Å². The van der Waals surface area contributed by atoms with E-state index in [1.54, 1.807) is 0 Å². The molecule has 1 fully saturated rings. The summed E-state index contributed by atoms with van der Waals surface area (Å²) in [5, 5.41) is 1.84. The van der Waals surface area contributed by atoms with Crippen LogP contribution in [0.4, 0.5) is 11.4 Å². The highest BCUT2D eigenvalue weighted by Gasteiger charge is 2.40. The van der Waals surface area contributed by atoms with Crippen molar-refractivity contribution in [1.29, 1.82) is 0 Å². The number of hydrogen-bond acceptors (Lipinski definition) is 5. The molecular formula is C43H36N2O3. The standard InChI is InChI=1S/C43H36N2O3/c1-47-42(46)40-38-25-26-43(32-9-3-2-4-10-32,33-19-23-35(24-20-33)45-27-7-8-28-45)48-41(38)37-12-6-5-11-36(37)39(40)31-15-13-29(14-16-31)30-17-21-34(44)22-18-30/h2-6,9-26H,7-8,27-28,44H2,1H3. The average Bonchev–Trinajstić information content (AvgIpc) is 3.70. The molecule has 0 radical (unpaired) electrons. The van der Waals surface area contributed by atoms with E-state index in [1.165, 1.54) is 25.6 Å². The zero-order chi connectivity index (χ0) is 32.7. The Morgan fingerprint density at radius 1 is 0.708 bits per heavy atom. The maximum atomic E-state index is 13.8. The molecular weight excluding hydrogens is 592 g/mol. The van der Waals surface area contributed by atoms with Gasteiger partial charge in [0.2, 0.25) is 0 Å². The Morgan fingerprint density at radius 3 is 1.96 bits per heavy atom. The number of methoxy groups -OCH3 is 1. The molecule has 2 aliphatic heterocycles. The van der Waals surface area contributed by atoms with Crippen molar-refractivity contribution in [3.63, 3.8) is 0 Å². The van der Waals surface area contributed by atoms with E-state index in [0.29, 0.717) is 16.9 Å². The lowest BCUT2D eigenvalue weighted by Gasteiger charge is -2.37. The molecule has 0 amide bonds. The first-order valence-corrected chi connectivity index (χ1v) is 16.5. The van der Waals surface area contributed by atoms with Crippen LogP contribution in [-0.2, 0) is 10.3 Å². The Morgan fingerprint density at radius 2 is 1.29 bits per heavy atom. The predicted octanol–water partition coefficient (Wildman–Crippen LogP) is 9.49. The van der Waals surface area contributed by atoms with Crippen molar-refractivity contribution in [2.75, 3.05) is 30.8 Å². The topological polar surface area (TPSA) is 64.8 Å². The predicted molar refractivity (Wildman–Crippen MR) is 195 cm³/mol. The molecule has 2 N–H and O–H groups in total. The van der Waals surface area contributed by atoms with Crippen LogP contribution in [0.25, 0.3) is 39.1 Å². The second kappa shape index (κ2) is 12.1. The zero-order valence-electron chi connectivity index (χ0n) is 26.9. The molecule has 1 atom stereocenters. The van der Waals surface area contributed by atoms with Crippen LogP contribution < -0.4 is 15.4 Å². The van der Waals surface area contributed by atoms with Gasteiger partial charge in [0.15, 0.2) is 5.60 Å². The van der Waals surface area contributed by atoms with Gasteiger partial charge in [0.25, 0.3) is 0 Å².